The van der Waals surface area contributed by atoms with E-state index in [9.17, 15) is 23.3 Å². The number of benzene rings is 3. The molecule has 3 rings (SSSR count). The molecule has 168 valence electrons. The van der Waals surface area contributed by atoms with Crippen molar-refractivity contribution in [3.8, 4) is 11.8 Å². The molecule has 0 aliphatic rings. The second-order valence-corrected chi connectivity index (χ2v) is 8.57. The van der Waals surface area contributed by atoms with Crippen molar-refractivity contribution in [2.45, 2.75) is 16.7 Å². The molecule has 8 nitrogen and oxygen atoms in total. The normalized spacial score (nSPS) is 10.7. The third-order valence-electron chi connectivity index (χ3n) is 4.50. The predicted molar refractivity (Wildman–Crippen MR) is 120 cm³/mol. The first-order chi connectivity index (χ1) is 15.9. The van der Waals surface area contributed by atoms with Crippen molar-refractivity contribution in [1.29, 1.82) is 5.26 Å². The van der Waals surface area contributed by atoms with Crippen molar-refractivity contribution in [1.82, 2.24) is 0 Å². The minimum absolute atomic E-state index is 0.0111. The highest BCUT2D eigenvalue weighted by Gasteiger charge is 2.25. The summed E-state index contributed by atoms with van der Waals surface area (Å²) in [5.74, 6) is -0.672. The van der Waals surface area contributed by atoms with Crippen LogP contribution in [0.25, 0.3) is 0 Å². The Morgan fingerprint density at radius 1 is 0.939 bits per heavy atom. The van der Waals surface area contributed by atoms with Crippen LogP contribution in [0.1, 0.15) is 22.8 Å². The lowest BCUT2D eigenvalue weighted by Gasteiger charge is -2.13. The first-order valence-electron chi connectivity index (χ1n) is 9.90. The van der Waals surface area contributed by atoms with Gasteiger partial charge < -0.3 is 14.8 Å². The van der Waals surface area contributed by atoms with Gasteiger partial charge in [-0.1, -0.05) is 24.3 Å². The van der Waals surface area contributed by atoms with Crippen molar-refractivity contribution < 1.29 is 27.5 Å². The number of anilines is 1. The molecule has 3 aromatic carbocycles. The molecule has 1 N–H and O–H groups in total. The number of carbonyl (C=O) groups is 2. The fraction of sp³-hybridized carbons (Fsp3) is 0.125. The van der Waals surface area contributed by atoms with Gasteiger partial charge in [-0.3, -0.25) is 4.79 Å². The first kappa shape index (κ1) is 23.5. The summed E-state index contributed by atoms with van der Waals surface area (Å²) in [6, 6.07) is 19.7. The first-order valence-corrected chi connectivity index (χ1v) is 11.4. The Bertz CT molecular complexity index is 1310. The molecular formula is C24H20N2O6S. The molecule has 33 heavy (non-hydrogen) atoms. The molecule has 9 heteroatoms. The molecule has 0 atom stereocenters. The van der Waals surface area contributed by atoms with Gasteiger partial charge >= 0.3 is 5.97 Å². The van der Waals surface area contributed by atoms with Gasteiger partial charge in [-0.2, -0.15) is 5.26 Å². The number of nitrogens with one attached hydrogen (secondary N) is 1. The Labute approximate surface area is 191 Å². The smallest absolute Gasteiger partial charge is 0.344 e. The van der Waals surface area contributed by atoms with Crippen LogP contribution in [0.15, 0.2) is 82.6 Å². The van der Waals surface area contributed by atoms with E-state index in [1.165, 1.54) is 60.7 Å². The quantitative estimate of drug-likeness (QED) is 0.506. The van der Waals surface area contributed by atoms with E-state index in [4.69, 9.17) is 9.47 Å². The Morgan fingerprint density at radius 2 is 1.58 bits per heavy atom. The monoisotopic (exact) mass is 464 g/mol. The topological polar surface area (TPSA) is 123 Å². The SMILES string of the molecule is CCOC(=O)COc1ccc(C(=O)Nc2ccccc2S(=O)(=O)c2ccccc2C#N)cc1. The fourth-order valence-electron chi connectivity index (χ4n) is 2.96. The summed E-state index contributed by atoms with van der Waals surface area (Å²) < 4.78 is 36.5. The van der Waals surface area contributed by atoms with E-state index in [1.54, 1.807) is 19.1 Å². The Balaban J connectivity index is 1.81. The summed E-state index contributed by atoms with van der Waals surface area (Å²) in [5.41, 5.74) is 0.345. The number of ether oxygens (including phenoxy) is 2. The molecule has 3 aromatic rings. The maximum absolute atomic E-state index is 13.2. The molecule has 0 saturated heterocycles. The molecule has 0 fully saturated rings. The number of nitrogens with zero attached hydrogens (tertiary/aromatic N) is 1. The van der Waals surface area contributed by atoms with E-state index in [0.717, 1.165) is 0 Å². The zero-order valence-electron chi connectivity index (χ0n) is 17.6. The molecule has 0 spiro atoms. The van der Waals surface area contributed by atoms with Crippen molar-refractivity contribution in [2.24, 2.45) is 0 Å². The van der Waals surface area contributed by atoms with Crippen molar-refractivity contribution in [3.05, 3.63) is 83.9 Å². The van der Waals surface area contributed by atoms with Crippen LogP contribution in [-0.4, -0.2) is 33.5 Å². The second kappa shape index (κ2) is 10.4. The number of rotatable bonds is 8. The lowest BCUT2D eigenvalue weighted by atomic mass is 10.2. The molecule has 0 unspecified atom stereocenters. The highest BCUT2D eigenvalue weighted by molar-refractivity contribution is 7.91. The summed E-state index contributed by atoms with van der Waals surface area (Å²) in [7, 11) is -4.07. The van der Waals surface area contributed by atoms with Gasteiger partial charge in [0.2, 0.25) is 9.84 Å². The summed E-state index contributed by atoms with van der Waals surface area (Å²) in [5, 5.41) is 11.9. The highest BCUT2D eigenvalue weighted by atomic mass is 32.2. The van der Waals surface area contributed by atoms with Crippen molar-refractivity contribution in [3.63, 3.8) is 0 Å². The number of carbonyl (C=O) groups excluding carboxylic acids is 2. The van der Waals surface area contributed by atoms with Crippen LogP contribution in [0.3, 0.4) is 0 Å². The molecule has 1 amide bonds. The maximum Gasteiger partial charge on any atom is 0.344 e. The van der Waals surface area contributed by atoms with Gasteiger partial charge in [0.25, 0.3) is 5.91 Å². The van der Waals surface area contributed by atoms with Crippen molar-refractivity contribution in [2.75, 3.05) is 18.5 Å². The molecule has 0 saturated carbocycles. The lowest BCUT2D eigenvalue weighted by molar-refractivity contribution is -0.145. The molecular weight excluding hydrogens is 444 g/mol. The molecule has 0 heterocycles. The summed E-state index contributed by atoms with van der Waals surface area (Å²) in [4.78, 5) is 23.8. The highest BCUT2D eigenvalue weighted by Crippen LogP contribution is 2.29. The van der Waals surface area contributed by atoms with Crippen LogP contribution in [0, 0.1) is 11.3 Å². The fourth-order valence-corrected chi connectivity index (χ4v) is 4.52. The molecule has 0 bridgehead atoms. The van der Waals surface area contributed by atoms with Crippen LogP contribution in [0.5, 0.6) is 5.75 Å². The van der Waals surface area contributed by atoms with E-state index in [0.29, 0.717) is 5.75 Å². The van der Waals surface area contributed by atoms with Gasteiger partial charge in [-0.15, -0.1) is 0 Å². The lowest BCUT2D eigenvalue weighted by Crippen LogP contribution is -2.16. The van der Waals surface area contributed by atoms with E-state index in [-0.39, 0.29) is 39.8 Å². The molecule has 0 aromatic heterocycles. The second-order valence-electron chi connectivity index (χ2n) is 6.68. The molecule has 0 radical (unpaired) electrons. The number of sulfone groups is 1. The third kappa shape index (κ3) is 5.56. The summed E-state index contributed by atoms with van der Waals surface area (Å²) in [6.45, 7) is 1.69. The Kier molecular flexibility index (Phi) is 7.43. The average Bonchev–Trinajstić information content (AvgIpc) is 2.83. The summed E-state index contributed by atoms with van der Waals surface area (Å²) in [6.07, 6.45) is 0. The number of amides is 1. The molecule has 0 aliphatic carbocycles. The van der Waals surface area contributed by atoms with E-state index < -0.39 is 21.7 Å². The number of esters is 1. The average molecular weight is 464 g/mol. The number of para-hydroxylation sites is 1. The standard InChI is InChI=1S/C24H20N2O6S/c1-2-31-23(27)16-32-19-13-11-17(12-14-19)24(28)26-20-8-4-6-10-22(20)33(29,30)21-9-5-3-7-18(21)15-25/h3-14H,2,16H2,1H3,(H,26,28). The van der Waals surface area contributed by atoms with Gasteiger partial charge in [0.05, 0.1) is 27.6 Å². The largest absolute Gasteiger partial charge is 0.482 e. The van der Waals surface area contributed by atoms with E-state index >= 15 is 0 Å². The van der Waals surface area contributed by atoms with Crippen LogP contribution < -0.4 is 10.1 Å². The minimum atomic E-state index is -4.07. The third-order valence-corrected chi connectivity index (χ3v) is 6.37. The molecule has 0 aliphatic heterocycles. The van der Waals surface area contributed by atoms with E-state index in [1.807, 2.05) is 6.07 Å². The van der Waals surface area contributed by atoms with Gasteiger partial charge in [-0.05, 0) is 55.5 Å². The Hall–Kier alpha value is -4.16. The zero-order chi connectivity index (χ0) is 23.8. The number of hydrogen-bond donors (Lipinski definition) is 1. The van der Waals surface area contributed by atoms with Gasteiger partial charge in [0.15, 0.2) is 6.61 Å². The maximum atomic E-state index is 13.2. The zero-order valence-corrected chi connectivity index (χ0v) is 18.5. The van der Waals surface area contributed by atoms with Crippen LogP contribution in [-0.2, 0) is 19.4 Å². The van der Waals surface area contributed by atoms with E-state index in [2.05, 4.69) is 5.32 Å². The van der Waals surface area contributed by atoms with Gasteiger partial charge in [0, 0.05) is 5.56 Å². The van der Waals surface area contributed by atoms with Crippen molar-refractivity contribution >= 4 is 27.4 Å². The number of nitriles is 1. The van der Waals surface area contributed by atoms with Crippen LogP contribution in [0.4, 0.5) is 5.69 Å². The summed E-state index contributed by atoms with van der Waals surface area (Å²) >= 11 is 0. The van der Waals surface area contributed by atoms with Gasteiger partial charge in [0.1, 0.15) is 11.8 Å². The van der Waals surface area contributed by atoms with Crippen LogP contribution in [0.2, 0.25) is 0 Å². The minimum Gasteiger partial charge on any atom is -0.482 e. The predicted octanol–water partition coefficient (Wildman–Crippen LogP) is 3.59. The number of hydrogen-bond acceptors (Lipinski definition) is 7. The Morgan fingerprint density at radius 3 is 2.24 bits per heavy atom. The van der Waals surface area contributed by atoms with Gasteiger partial charge in [-0.25, -0.2) is 13.2 Å². The van der Waals surface area contributed by atoms with Crippen LogP contribution >= 0.6 is 0 Å².